The normalized spacial score (nSPS) is 47.9. The zero-order valence-corrected chi connectivity index (χ0v) is 19.1. The molecule has 2 bridgehead atoms. The maximum atomic E-state index is 13.4. The predicted octanol–water partition coefficient (Wildman–Crippen LogP) is 2.32. The van der Waals surface area contributed by atoms with Gasteiger partial charge in [-0.15, -0.1) is 0 Å². The van der Waals surface area contributed by atoms with E-state index in [-0.39, 0.29) is 30.1 Å². The molecule has 0 aliphatic heterocycles. The number of rotatable bonds is 2. The zero-order chi connectivity index (χ0) is 23.1. The van der Waals surface area contributed by atoms with Gasteiger partial charge in [-0.2, -0.15) is 0 Å². The van der Waals surface area contributed by atoms with Crippen LogP contribution < -0.4 is 0 Å². The molecule has 1 unspecified atom stereocenters. The van der Waals surface area contributed by atoms with Crippen molar-refractivity contribution < 1.29 is 34.1 Å². The second kappa shape index (κ2) is 6.64. The Morgan fingerprint density at radius 2 is 1.71 bits per heavy atom. The Hall–Kier alpha value is -1.73. The van der Waals surface area contributed by atoms with E-state index in [9.17, 15) is 24.6 Å². The molecule has 1 spiro atoms. The van der Waals surface area contributed by atoms with E-state index in [0.29, 0.717) is 19.3 Å². The van der Waals surface area contributed by atoms with Gasteiger partial charge in [0.25, 0.3) is 0 Å². The average molecular weight is 435 g/mol. The quantitative estimate of drug-likeness (QED) is 0.507. The highest BCUT2D eigenvalue weighted by Crippen LogP contribution is 2.72. The summed E-state index contributed by atoms with van der Waals surface area (Å²) in [7, 11) is 0. The highest BCUT2D eigenvalue weighted by atomic mass is 16.6. The lowest BCUT2D eigenvalue weighted by atomic mass is 9.39. The van der Waals surface area contributed by atoms with Crippen molar-refractivity contribution in [1.82, 2.24) is 0 Å². The van der Waals surface area contributed by atoms with Crippen molar-refractivity contribution in [3.63, 3.8) is 0 Å². The Morgan fingerprint density at radius 1 is 1.10 bits per heavy atom. The van der Waals surface area contributed by atoms with Crippen LogP contribution in [0.15, 0.2) is 12.2 Å². The number of hydrogen-bond donors (Lipinski definition) is 2. The van der Waals surface area contributed by atoms with Gasteiger partial charge in [0.15, 0.2) is 5.78 Å². The minimum atomic E-state index is -1.35. The van der Waals surface area contributed by atoms with E-state index in [1.54, 1.807) is 0 Å². The summed E-state index contributed by atoms with van der Waals surface area (Å²) in [6, 6.07) is 0. The molecule has 0 radical (unpaired) electrons. The number of fused-ring (bicyclic) bond motifs is 3. The monoisotopic (exact) mass is 434 g/mol. The molecule has 0 aromatic rings. The van der Waals surface area contributed by atoms with Crippen molar-refractivity contribution in [2.24, 2.45) is 28.1 Å². The molecule has 0 heterocycles. The van der Waals surface area contributed by atoms with E-state index < -0.39 is 58.0 Å². The van der Waals surface area contributed by atoms with Gasteiger partial charge in [-0.05, 0) is 37.0 Å². The van der Waals surface area contributed by atoms with E-state index in [2.05, 4.69) is 13.5 Å². The molecule has 7 heteroatoms. The van der Waals surface area contributed by atoms with Crippen molar-refractivity contribution in [1.29, 1.82) is 0 Å². The second-order valence-electron chi connectivity index (χ2n) is 11.2. The van der Waals surface area contributed by atoms with Crippen LogP contribution in [0.2, 0.25) is 0 Å². The fourth-order valence-electron chi connectivity index (χ4n) is 8.31. The molecule has 4 aliphatic rings. The molecule has 0 amide bonds. The molecular formula is C24H34O7. The van der Waals surface area contributed by atoms with E-state index in [0.717, 1.165) is 0 Å². The molecule has 4 saturated carbocycles. The van der Waals surface area contributed by atoms with Gasteiger partial charge in [0.2, 0.25) is 0 Å². The zero-order valence-electron chi connectivity index (χ0n) is 19.1. The fraction of sp³-hybridized carbons (Fsp3) is 0.792. The van der Waals surface area contributed by atoms with Crippen LogP contribution in [0.5, 0.6) is 0 Å². The number of hydrogen-bond acceptors (Lipinski definition) is 7. The Balaban J connectivity index is 1.82. The summed E-state index contributed by atoms with van der Waals surface area (Å²) < 4.78 is 11.4. The van der Waals surface area contributed by atoms with Crippen molar-refractivity contribution in [3.8, 4) is 0 Å². The third kappa shape index (κ3) is 2.88. The maximum Gasteiger partial charge on any atom is 0.303 e. The van der Waals surface area contributed by atoms with Gasteiger partial charge in [-0.25, -0.2) is 0 Å². The predicted molar refractivity (Wildman–Crippen MR) is 111 cm³/mol. The maximum absolute atomic E-state index is 13.4. The topological polar surface area (TPSA) is 110 Å². The van der Waals surface area contributed by atoms with E-state index in [1.165, 1.54) is 13.8 Å². The van der Waals surface area contributed by atoms with Crippen molar-refractivity contribution in [2.75, 3.05) is 0 Å². The molecule has 4 fully saturated rings. The first-order chi connectivity index (χ1) is 14.2. The molecule has 2 N–H and O–H groups in total. The van der Waals surface area contributed by atoms with Crippen molar-refractivity contribution in [3.05, 3.63) is 12.2 Å². The van der Waals surface area contributed by atoms with Gasteiger partial charge in [-0.1, -0.05) is 27.4 Å². The van der Waals surface area contributed by atoms with Crippen LogP contribution in [0.3, 0.4) is 0 Å². The lowest BCUT2D eigenvalue weighted by Gasteiger charge is -2.66. The smallest absolute Gasteiger partial charge is 0.303 e. The van der Waals surface area contributed by atoms with Crippen LogP contribution in [0.4, 0.5) is 0 Å². The Labute approximate surface area is 183 Å². The van der Waals surface area contributed by atoms with Crippen LogP contribution in [-0.2, 0) is 23.9 Å². The molecule has 31 heavy (non-hydrogen) atoms. The molecular weight excluding hydrogens is 400 g/mol. The molecule has 172 valence electrons. The van der Waals surface area contributed by atoms with E-state index in [4.69, 9.17) is 9.47 Å². The third-order valence-electron chi connectivity index (χ3n) is 9.03. The Kier molecular flexibility index (Phi) is 4.81. The van der Waals surface area contributed by atoms with E-state index in [1.807, 2.05) is 13.8 Å². The summed E-state index contributed by atoms with van der Waals surface area (Å²) in [5, 5.41) is 22.3. The highest BCUT2D eigenvalue weighted by Gasteiger charge is 2.74. The molecule has 0 saturated heterocycles. The minimum absolute atomic E-state index is 0.0225. The number of aliphatic hydroxyl groups excluding tert-OH is 1. The average Bonchev–Trinajstić information content (AvgIpc) is 2.75. The number of carbonyl (C=O) groups is 3. The Morgan fingerprint density at radius 3 is 2.29 bits per heavy atom. The lowest BCUT2D eigenvalue weighted by Crippen LogP contribution is -2.68. The number of ketones is 1. The minimum Gasteiger partial charge on any atom is -0.459 e. The third-order valence-corrected chi connectivity index (χ3v) is 9.03. The number of ether oxygens (including phenoxy) is 2. The van der Waals surface area contributed by atoms with Crippen LogP contribution in [0.25, 0.3) is 0 Å². The first-order valence-corrected chi connectivity index (χ1v) is 11.2. The summed E-state index contributed by atoms with van der Waals surface area (Å²) in [4.78, 5) is 37.2. The SMILES string of the molecule is C=C1C(=O)[C@@]23CC[C@@H]4C(C)(C)[C@@H](OC(C)=O)[C@@H](OC(C)=O)CC4(C)[C@@H]2[C@@H](O)C[C@]1(O)C3. The van der Waals surface area contributed by atoms with Crippen molar-refractivity contribution >= 4 is 17.7 Å². The van der Waals surface area contributed by atoms with Crippen LogP contribution in [0, 0.1) is 28.1 Å². The first-order valence-electron chi connectivity index (χ1n) is 11.2. The fourth-order valence-corrected chi connectivity index (χ4v) is 8.31. The second-order valence-corrected chi connectivity index (χ2v) is 11.2. The van der Waals surface area contributed by atoms with Crippen LogP contribution in [0.1, 0.15) is 66.7 Å². The van der Waals surface area contributed by atoms with Gasteiger partial charge in [0, 0.05) is 42.6 Å². The molecule has 0 aromatic heterocycles. The number of carbonyl (C=O) groups excluding carboxylic acids is 3. The van der Waals surface area contributed by atoms with Crippen LogP contribution in [-0.4, -0.2) is 51.8 Å². The summed E-state index contributed by atoms with van der Waals surface area (Å²) in [5.74, 6) is -1.42. The van der Waals surface area contributed by atoms with Crippen molar-refractivity contribution in [2.45, 2.75) is 90.6 Å². The number of esters is 2. The summed E-state index contributed by atoms with van der Waals surface area (Å²) in [6.07, 6.45) is -0.204. The van der Waals surface area contributed by atoms with Gasteiger partial charge < -0.3 is 19.7 Å². The molecule has 0 aromatic carbocycles. The highest BCUT2D eigenvalue weighted by molar-refractivity contribution is 6.05. The van der Waals surface area contributed by atoms with Gasteiger partial charge in [-0.3, -0.25) is 14.4 Å². The number of Topliss-reactive ketones (excluding diaryl/α,β-unsaturated/α-hetero) is 1. The van der Waals surface area contributed by atoms with Gasteiger partial charge in [0.05, 0.1) is 11.7 Å². The summed E-state index contributed by atoms with van der Waals surface area (Å²) in [6.45, 7) is 12.6. The standard InChI is InChI=1S/C24H34O7/c1-12-19(28)23-8-7-17-21(4,5)20(31-14(3)26)16(30-13(2)25)10-22(17,6)18(23)15(27)9-24(12,29)11-23/h15-18,20,27,29H,1,7-11H2,2-6H3/t15-,16-,17+,18-,20-,22?,23+,24-/m0/s1. The molecule has 4 rings (SSSR count). The first kappa shape index (κ1) is 22.5. The molecule has 4 aliphatic carbocycles. The summed E-state index contributed by atoms with van der Waals surface area (Å²) in [5.41, 5.74) is -3.11. The molecule has 8 atom stereocenters. The lowest BCUT2D eigenvalue weighted by molar-refractivity contribution is -0.251. The largest absolute Gasteiger partial charge is 0.459 e. The van der Waals surface area contributed by atoms with Gasteiger partial charge >= 0.3 is 11.9 Å². The van der Waals surface area contributed by atoms with Gasteiger partial charge in [0.1, 0.15) is 12.2 Å². The number of aliphatic hydroxyl groups is 2. The van der Waals surface area contributed by atoms with E-state index >= 15 is 0 Å². The van der Waals surface area contributed by atoms with Crippen LogP contribution >= 0.6 is 0 Å². The summed E-state index contributed by atoms with van der Waals surface area (Å²) >= 11 is 0. The Bertz CT molecular complexity index is 862. The molecule has 7 nitrogen and oxygen atoms in total.